The zero-order valence-corrected chi connectivity index (χ0v) is 13.9. The van der Waals surface area contributed by atoms with E-state index in [0.29, 0.717) is 17.7 Å². The van der Waals surface area contributed by atoms with E-state index in [2.05, 4.69) is 24.3 Å². The molecule has 0 N–H and O–H groups in total. The van der Waals surface area contributed by atoms with Crippen LogP contribution in [0.3, 0.4) is 0 Å². The molecule has 0 heterocycles. The van der Waals surface area contributed by atoms with E-state index in [1.807, 2.05) is 18.2 Å². The summed E-state index contributed by atoms with van der Waals surface area (Å²) in [7, 11) is 1.76. The minimum Gasteiger partial charge on any atom is -0.341 e. The van der Waals surface area contributed by atoms with Crippen molar-refractivity contribution in [3.05, 3.63) is 83.2 Å². The Balaban J connectivity index is 1.73. The molecule has 24 heavy (non-hydrogen) atoms. The molecular weight excluding hydrogens is 301 g/mol. The molecule has 3 rings (SSSR count). The largest absolute Gasteiger partial charge is 0.341 e. The summed E-state index contributed by atoms with van der Waals surface area (Å²) in [4.78, 5) is 14.1. The number of nitrogens with zero attached hydrogens (tertiary/aromatic N) is 1. The zero-order chi connectivity index (χ0) is 17.1. The highest BCUT2D eigenvalue weighted by Gasteiger charge is 2.13. The minimum atomic E-state index is -0.344. The van der Waals surface area contributed by atoms with Gasteiger partial charge >= 0.3 is 0 Å². The van der Waals surface area contributed by atoms with E-state index in [-0.39, 0.29) is 11.7 Å². The minimum absolute atomic E-state index is 0.158. The molecule has 0 fully saturated rings. The molecule has 0 unspecified atom stereocenters. The van der Waals surface area contributed by atoms with Gasteiger partial charge in [-0.05, 0) is 47.4 Å². The van der Waals surface area contributed by atoms with Gasteiger partial charge in [-0.25, -0.2) is 4.39 Å². The Hall–Kier alpha value is -2.68. The van der Waals surface area contributed by atoms with Crippen molar-refractivity contribution in [2.24, 2.45) is 0 Å². The molecule has 0 spiro atoms. The molecule has 3 aromatic rings. The second-order valence-electron chi connectivity index (χ2n) is 6.08. The number of halogens is 1. The highest BCUT2D eigenvalue weighted by Crippen LogP contribution is 2.19. The fraction of sp³-hybridized carbons (Fsp3) is 0.190. The predicted molar refractivity (Wildman–Crippen MR) is 95.7 cm³/mol. The first-order valence-electron chi connectivity index (χ1n) is 8.04. The maximum absolute atomic E-state index is 13.7. The lowest BCUT2D eigenvalue weighted by Gasteiger charge is -2.18. The lowest BCUT2D eigenvalue weighted by Crippen LogP contribution is -2.29. The van der Waals surface area contributed by atoms with Crippen LogP contribution in [0.15, 0.2) is 60.7 Å². The summed E-state index contributed by atoms with van der Waals surface area (Å²) in [6, 6.07) is 19.1. The van der Waals surface area contributed by atoms with Crippen LogP contribution in [0.4, 0.5) is 4.39 Å². The summed E-state index contributed by atoms with van der Waals surface area (Å²) < 4.78 is 13.7. The van der Waals surface area contributed by atoms with Crippen LogP contribution in [0, 0.1) is 12.7 Å². The number of rotatable bonds is 4. The van der Waals surface area contributed by atoms with Crippen molar-refractivity contribution in [2.75, 3.05) is 13.6 Å². The average Bonchev–Trinajstić information content (AvgIpc) is 2.61. The first-order chi connectivity index (χ1) is 11.6. The van der Waals surface area contributed by atoms with Gasteiger partial charge in [-0.3, -0.25) is 4.79 Å². The van der Waals surface area contributed by atoms with E-state index in [0.717, 1.165) is 6.42 Å². The maximum Gasteiger partial charge on any atom is 0.253 e. The Kier molecular flexibility index (Phi) is 4.61. The predicted octanol–water partition coefficient (Wildman–Crippen LogP) is 4.60. The third-order valence-corrected chi connectivity index (χ3v) is 4.36. The molecule has 0 saturated carbocycles. The molecule has 0 atom stereocenters. The molecule has 1 amide bonds. The molecule has 0 aliphatic carbocycles. The number of hydrogen-bond donors (Lipinski definition) is 0. The highest BCUT2D eigenvalue weighted by molar-refractivity contribution is 5.94. The van der Waals surface area contributed by atoms with E-state index in [1.165, 1.54) is 22.4 Å². The second-order valence-corrected chi connectivity index (χ2v) is 6.08. The molecule has 0 radical (unpaired) electrons. The van der Waals surface area contributed by atoms with Crippen LogP contribution in [0.25, 0.3) is 10.8 Å². The van der Waals surface area contributed by atoms with Crippen LogP contribution < -0.4 is 0 Å². The molecule has 0 aliphatic rings. The second kappa shape index (κ2) is 6.83. The van der Waals surface area contributed by atoms with Crippen molar-refractivity contribution in [3.8, 4) is 0 Å². The summed E-state index contributed by atoms with van der Waals surface area (Å²) in [5.41, 5.74) is 2.14. The van der Waals surface area contributed by atoms with Crippen molar-refractivity contribution < 1.29 is 9.18 Å². The quantitative estimate of drug-likeness (QED) is 0.687. The third kappa shape index (κ3) is 3.30. The highest BCUT2D eigenvalue weighted by atomic mass is 19.1. The van der Waals surface area contributed by atoms with Gasteiger partial charge in [-0.15, -0.1) is 0 Å². The van der Waals surface area contributed by atoms with Gasteiger partial charge in [-0.1, -0.05) is 48.5 Å². The fourth-order valence-corrected chi connectivity index (χ4v) is 2.85. The van der Waals surface area contributed by atoms with Crippen LogP contribution in [-0.4, -0.2) is 24.4 Å². The van der Waals surface area contributed by atoms with Gasteiger partial charge in [0.2, 0.25) is 0 Å². The van der Waals surface area contributed by atoms with Crippen LogP contribution >= 0.6 is 0 Å². The van der Waals surface area contributed by atoms with E-state index in [9.17, 15) is 9.18 Å². The van der Waals surface area contributed by atoms with Gasteiger partial charge in [0.15, 0.2) is 0 Å². The SMILES string of the molecule is Cc1ccc(C(=O)N(C)CCc2cccc3ccccc23)cc1F. The molecular formula is C21H20FNO. The molecule has 0 saturated heterocycles. The Morgan fingerprint density at radius 1 is 1.04 bits per heavy atom. The number of hydrogen-bond acceptors (Lipinski definition) is 1. The number of benzene rings is 3. The number of likely N-dealkylation sites (N-methyl/N-ethyl adjacent to an activating group) is 1. The van der Waals surface area contributed by atoms with Gasteiger partial charge in [0, 0.05) is 19.2 Å². The van der Waals surface area contributed by atoms with E-state index >= 15 is 0 Å². The standard InChI is InChI=1S/C21H20FNO/c1-15-10-11-18(14-20(15)22)21(24)23(2)13-12-17-8-5-7-16-6-3-4-9-19(16)17/h3-11,14H,12-13H2,1-2H3. The molecule has 0 bridgehead atoms. The summed E-state index contributed by atoms with van der Waals surface area (Å²) in [6.07, 6.45) is 0.762. The third-order valence-electron chi connectivity index (χ3n) is 4.36. The number of aryl methyl sites for hydroxylation is 1. The van der Waals surface area contributed by atoms with Crippen LogP contribution in [0.2, 0.25) is 0 Å². The number of carbonyl (C=O) groups is 1. The van der Waals surface area contributed by atoms with Crippen molar-refractivity contribution in [1.82, 2.24) is 4.90 Å². The fourth-order valence-electron chi connectivity index (χ4n) is 2.85. The van der Waals surface area contributed by atoms with Crippen molar-refractivity contribution in [1.29, 1.82) is 0 Å². The molecule has 122 valence electrons. The van der Waals surface area contributed by atoms with Crippen LogP contribution in [0.5, 0.6) is 0 Å². The zero-order valence-electron chi connectivity index (χ0n) is 13.9. The summed E-state index contributed by atoms with van der Waals surface area (Å²) in [5.74, 6) is -0.502. The van der Waals surface area contributed by atoms with Crippen LogP contribution in [-0.2, 0) is 6.42 Å². The molecule has 3 heteroatoms. The summed E-state index contributed by atoms with van der Waals surface area (Å²) >= 11 is 0. The summed E-state index contributed by atoms with van der Waals surface area (Å²) in [5, 5.41) is 2.41. The molecule has 0 aliphatic heterocycles. The Labute approximate surface area is 141 Å². The normalized spacial score (nSPS) is 10.8. The molecule has 2 nitrogen and oxygen atoms in total. The lowest BCUT2D eigenvalue weighted by atomic mass is 10.0. The topological polar surface area (TPSA) is 20.3 Å². The Morgan fingerprint density at radius 2 is 1.79 bits per heavy atom. The van der Waals surface area contributed by atoms with Crippen molar-refractivity contribution in [3.63, 3.8) is 0 Å². The van der Waals surface area contributed by atoms with Crippen LogP contribution in [0.1, 0.15) is 21.5 Å². The molecule has 0 aromatic heterocycles. The number of carbonyl (C=O) groups excluding carboxylic acids is 1. The van der Waals surface area contributed by atoms with Gasteiger partial charge in [0.25, 0.3) is 5.91 Å². The smallest absolute Gasteiger partial charge is 0.253 e. The number of fused-ring (bicyclic) bond motifs is 1. The van der Waals surface area contributed by atoms with E-state index in [4.69, 9.17) is 0 Å². The van der Waals surface area contributed by atoms with Crippen molar-refractivity contribution in [2.45, 2.75) is 13.3 Å². The van der Waals surface area contributed by atoms with Crippen molar-refractivity contribution >= 4 is 16.7 Å². The van der Waals surface area contributed by atoms with Gasteiger partial charge in [0.1, 0.15) is 5.82 Å². The first-order valence-corrected chi connectivity index (χ1v) is 8.04. The lowest BCUT2D eigenvalue weighted by molar-refractivity contribution is 0.0796. The monoisotopic (exact) mass is 321 g/mol. The number of amides is 1. The maximum atomic E-state index is 13.7. The van der Waals surface area contributed by atoms with E-state index in [1.54, 1.807) is 31.0 Å². The van der Waals surface area contributed by atoms with Gasteiger partial charge in [-0.2, -0.15) is 0 Å². The Bertz CT molecular complexity index is 883. The average molecular weight is 321 g/mol. The summed E-state index contributed by atoms with van der Waals surface area (Å²) in [6.45, 7) is 2.27. The Morgan fingerprint density at radius 3 is 2.58 bits per heavy atom. The van der Waals surface area contributed by atoms with Gasteiger partial charge in [0.05, 0.1) is 0 Å². The van der Waals surface area contributed by atoms with E-state index < -0.39 is 0 Å². The first kappa shape index (κ1) is 16.2. The van der Waals surface area contributed by atoms with Gasteiger partial charge < -0.3 is 4.90 Å². The molecule has 3 aromatic carbocycles.